The highest BCUT2D eigenvalue weighted by Crippen LogP contribution is 2.42. The van der Waals surface area contributed by atoms with Crippen LogP contribution in [0, 0.1) is 0 Å². The monoisotopic (exact) mass is 574 g/mol. The minimum atomic E-state index is 0.923. The predicted octanol–water partition coefficient (Wildman–Crippen LogP) is 10.3. The van der Waals surface area contributed by atoms with E-state index in [0.717, 1.165) is 72.0 Å². The average molecular weight is 575 g/mol. The standard InChI is InChI=1S/C41H26N4/c1-3-10-29(11-4-1)38-37-35(26-32-12-7-8-16-34(32)41(37)45(44-38)33-14-5-2-6-15-33)27-17-19-28(20-18-27)36-24-23-31-22-21-30-13-9-25-42-39(30)40(31)43-36/h1-26H. The lowest BCUT2D eigenvalue weighted by atomic mass is 9.93. The van der Waals surface area contributed by atoms with E-state index in [1.807, 2.05) is 18.3 Å². The highest BCUT2D eigenvalue weighted by atomic mass is 15.3. The summed E-state index contributed by atoms with van der Waals surface area (Å²) in [6.07, 6.45) is 1.83. The van der Waals surface area contributed by atoms with E-state index in [2.05, 4.69) is 149 Å². The summed E-state index contributed by atoms with van der Waals surface area (Å²) < 4.78 is 2.11. The number of fused-ring (bicyclic) bond motifs is 6. The van der Waals surface area contributed by atoms with Crippen molar-refractivity contribution in [1.29, 1.82) is 0 Å². The Morgan fingerprint density at radius 1 is 0.489 bits per heavy atom. The molecule has 0 unspecified atom stereocenters. The molecule has 0 N–H and O–H groups in total. The number of hydrogen-bond donors (Lipinski definition) is 0. The number of rotatable bonds is 4. The van der Waals surface area contributed by atoms with Crippen LogP contribution in [0.5, 0.6) is 0 Å². The summed E-state index contributed by atoms with van der Waals surface area (Å²) >= 11 is 0. The van der Waals surface area contributed by atoms with Crippen LogP contribution in [0.25, 0.3) is 82.8 Å². The summed E-state index contributed by atoms with van der Waals surface area (Å²) in [7, 11) is 0. The fourth-order valence-electron chi connectivity index (χ4n) is 6.47. The zero-order chi connectivity index (χ0) is 29.7. The van der Waals surface area contributed by atoms with Crippen molar-refractivity contribution in [1.82, 2.24) is 19.7 Å². The largest absolute Gasteiger partial charge is 0.254 e. The summed E-state index contributed by atoms with van der Waals surface area (Å²) in [5.74, 6) is 0. The summed E-state index contributed by atoms with van der Waals surface area (Å²) in [5.41, 5.74) is 10.3. The van der Waals surface area contributed by atoms with Gasteiger partial charge in [0, 0.05) is 38.9 Å². The smallest absolute Gasteiger partial charge is 0.101 e. The van der Waals surface area contributed by atoms with Crippen LogP contribution in [0.2, 0.25) is 0 Å². The fraction of sp³-hybridized carbons (Fsp3) is 0. The normalized spacial score (nSPS) is 11.6. The third-order valence-corrected chi connectivity index (χ3v) is 8.64. The van der Waals surface area contributed by atoms with Gasteiger partial charge in [-0.05, 0) is 46.8 Å². The lowest BCUT2D eigenvalue weighted by molar-refractivity contribution is 0.918. The number of nitrogens with zero attached hydrogens (tertiary/aromatic N) is 4. The zero-order valence-electron chi connectivity index (χ0n) is 24.3. The van der Waals surface area contributed by atoms with Crippen molar-refractivity contribution in [2.45, 2.75) is 0 Å². The van der Waals surface area contributed by atoms with Gasteiger partial charge < -0.3 is 0 Å². The van der Waals surface area contributed by atoms with Crippen LogP contribution in [-0.4, -0.2) is 19.7 Å². The molecule has 3 heterocycles. The molecule has 0 amide bonds. The van der Waals surface area contributed by atoms with Crippen LogP contribution in [0.15, 0.2) is 158 Å². The van der Waals surface area contributed by atoms with Gasteiger partial charge in [-0.15, -0.1) is 0 Å². The number of hydrogen-bond acceptors (Lipinski definition) is 3. The third kappa shape index (κ3) is 4.19. The van der Waals surface area contributed by atoms with Crippen LogP contribution >= 0.6 is 0 Å². The Labute approximate surface area is 259 Å². The van der Waals surface area contributed by atoms with Crippen molar-refractivity contribution in [3.63, 3.8) is 0 Å². The Hall–Kier alpha value is -6.13. The van der Waals surface area contributed by atoms with Crippen molar-refractivity contribution >= 4 is 43.5 Å². The van der Waals surface area contributed by atoms with Crippen molar-refractivity contribution in [3.8, 4) is 39.3 Å². The minimum Gasteiger partial charge on any atom is -0.254 e. The molecule has 0 spiro atoms. The molecule has 6 aromatic carbocycles. The van der Waals surface area contributed by atoms with Crippen LogP contribution < -0.4 is 0 Å². The second-order valence-corrected chi connectivity index (χ2v) is 11.3. The molecule has 3 aromatic heterocycles. The fourth-order valence-corrected chi connectivity index (χ4v) is 6.47. The molecule has 0 radical (unpaired) electrons. The quantitative estimate of drug-likeness (QED) is 0.196. The highest BCUT2D eigenvalue weighted by Gasteiger charge is 2.21. The molecule has 0 bridgehead atoms. The highest BCUT2D eigenvalue weighted by molar-refractivity contribution is 6.17. The molecule has 0 atom stereocenters. The maximum absolute atomic E-state index is 5.29. The van der Waals surface area contributed by atoms with Gasteiger partial charge in [-0.1, -0.05) is 121 Å². The molecule has 0 fully saturated rings. The predicted molar refractivity (Wildman–Crippen MR) is 185 cm³/mol. The molecule has 0 saturated heterocycles. The first-order valence-electron chi connectivity index (χ1n) is 15.1. The van der Waals surface area contributed by atoms with E-state index in [0.29, 0.717) is 0 Å². The van der Waals surface area contributed by atoms with E-state index in [1.54, 1.807) is 0 Å². The van der Waals surface area contributed by atoms with Gasteiger partial charge in [-0.2, -0.15) is 5.10 Å². The number of para-hydroxylation sites is 1. The zero-order valence-corrected chi connectivity index (χ0v) is 24.3. The number of benzene rings is 6. The SMILES string of the molecule is c1ccc(-c2nn(-c3ccccc3)c3c2c(-c2ccc(-c4ccc5ccc6cccnc6c5n4)cc2)cc2ccccc23)cc1. The van der Waals surface area contributed by atoms with Crippen molar-refractivity contribution in [2.75, 3.05) is 0 Å². The second kappa shape index (κ2) is 10.2. The van der Waals surface area contributed by atoms with E-state index in [4.69, 9.17) is 10.1 Å². The number of aromatic nitrogens is 4. The maximum Gasteiger partial charge on any atom is 0.101 e. The van der Waals surface area contributed by atoms with E-state index in [9.17, 15) is 0 Å². The summed E-state index contributed by atoms with van der Waals surface area (Å²) in [4.78, 5) is 9.72. The number of pyridine rings is 2. The topological polar surface area (TPSA) is 43.6 Å². The molecule has 4 heteroatoms. The molecule has 0 aliphatic heterocycles. The summed E-state index contributed by atoms with van der Waals surface area (Å²) in [6, 6.07) is 53.1. The van der Waals surface area contributed by atoms with Crippen LogP contribution in [0.3, 0.4) is 0 Å². The molecule has 0 aliphatic carbocycles. The van der Waals surface area contributed by atoms with Gasteiger partial charge in [0.25, 0.3) is 0 Å². The van der Waals surface area contributed by atoms with E-state index in [-0.39, 0.29) is 0 Å². The lowest BCUT2D eigenvalue weighted by Crippen LogP contribution is -1.96. The van der Waals surface area contributed by atoms with Gasteiger partial charge in [-0.3, -0.25) is 4.98 Å². The Morgan fingerprint density at radius 2 is 1.16 bits per heavy atom. The van der Waals surface area contributed by atoms with Gasteiger partial charge in [0.05, 0.1) is 27.9 Å². The van der Waals surface area contributed by atoms with Crippen LogP contribution in [0.4, 0.5) is 0 Å². The van der Waals surface area contributed by atoms with Crippen molar-refractivity contribution in [2.24, 2.45) is 0 Å². The molecular weight excluding hydrogens is 548 g/mol. The average Bonchev–Trinajstić information content (AvgIpc) is 3.53. The van der Waals surface area contributed by atoms with Gasteiger partial charge in [0.1, 0.15) is 5.69 Å². The molecule has 0 aliphatic rings. The molecule has 0 saturated carbocycles. The van der Waals surface area contributed by atoms with E-state index in [1.165, 1.54) is 10.8 Å². The van der Waals surface area contributed by atoms with E-state index >= 15 is 0 Å². The van der Waals surface area contributed by atoms with Gasteiger partial charge in [0.2, 0.25) is 0 Å². The van der Waals surface area contributed by atoms with Crippen LogP contribution in [-0.2, 0) is 0 Å². The first-order valence-corrected chi connectivity index (χ1v) is 15.1. The first kappa shape index (κ1) is 25.4. The molecule has 210 valence electrons. The van der Waals surface area contributed by atoms with Gasteiger partial charge in [-0.25, -0.2) is 9.67 Å². The Balaban J connectivity index is 1.26. The van der Waals surface area contributed by atoms with Crippen LogP contribution in [0.1, 0.15) is 0 Å². The van der Waals surface area contributed by atoms with Crippen molar-refractivity contribution in [3.05, 3.63) is 158 Å². The Morgan fingerprint density at radius 3 is 1.98 bits per heavy atom. The molecule has 4 nitrogen and oxygen atoms in total. The first-order chi connectivity index (χ1) is 22.3. The molecule has 9 rings (SSSR count). The maximum atomic E-state index is 5.29. The second-order valence-electron chi connectivity index (χ2n) is 11.3. The molecular formula is C41H26N4. The third-order valence-electron chi connectivity index (χ3n) is 8.64. The molecule has 45 heavy (non-hydrogen) atoms. The Kier molecular flexibility index (Phi) is 5.78. The van der Waals surface area contributed by atoms with Gasteiger partial charge in [0.15, 0.2) is 0 Å². The summed E-state index contributed by atoms with van der Waals surface area (Å²) in [5, 5.41) is 11.0. The summed E-state index contributed by atoms with van der Waals surface area (Å²) in [6.45, 7) is 0. The van der Waals surface area contributed by atoms with Crippen molar-refractivity contribution < 1.29 is 0 Å². The minimum absolute atomic E-state index is 0.923. The Bertz CT molecular complexity index is 2520. The van der Waals surface area contributed by atoms with Gasteiger partial charge >= 0.3 is 0 Å². The molecule has 9 aromatic rings. The lowest BCUT2D eigenvalue weighted by Gasteiger charge is -2.12. The van der Waals surface area contributed by atoms with E-state index < -0.39 is 0 Å².